The van der Waals surface area contributed by atoms with Crippen LogP contribution < -0.4 is 0 Å². The molecule has 114 valence electrons. The molecule has 1 atom stereocenters. The van der Waals surface area contributed by atoms with Gasteiger partial charge in [-0.3, -0.25) is 4.90 Å². The van der Waals surface area contributed by atoms with Gasteiger partial charge >= 0.3 is 0 Å². The summed E-state index contributed by atoms with van der Waals surface area (Å²) in [6.07, 6.45) is -0.535. The SMILES string of the molecule is COCCN(CCO)CC(C)(C)C(O)c1ccccc1. The first kappa shape index (κ1) is 17.1. The third kappa shape index (κ3) is 5.21. The average Bonchev–Trinajstić information content (AvgIpc) is 2.45. The van der Waals surface area contributed by atoms with Crippen LogP contribution >= 0.6 is 0 Å². The van der Waals surface area contributed by atoms with Gasteiger partial charge in [0.2, 0.25) is 0 Å². The molecule has 0 aromatic heterocycles. The van der Waals surface area contributed by atoms with E-state index in [1.54, 1.807) is 7.11 Å². The molecule has 0 radical (unpaired) electrons. The maximum absolute atomic E-state index is 10.6. The Morgan fingerprint density at radius 3 is 2.40 bits per heavy atom. The first-order valence-corrected chi connectivity index (χ1v) is 7.06. The molecule has 2 N–H and O–H groups in total. The van der Waals surface area contributed by atoms with Gasteiger partial charge in [0.05, 0.1) is 19.3 Å². The lowest BCUT2D eigenvalue weighted by molar-refractivity contribution is 0.0106. The largest absolute Gasteiger partial charge is 0.395 e. The van der Waals surface area contributed by atoms with Crippen LogP contribution in [0.2, 0.25) is 0 Å². The Hall–Kier alpha value is -0.940. The average molecular weight is 281 g/mol. The summed E-state index contributed by atoms with van der Waals surface area (Å²) < 4.78 is 5.09. The fourth-order valence-corrected chi connectivity index (χ4v) is 2.38. The molecule has 1 aromatic carbocycles. The van der Waals surface area contributed by atoms with Crippen molar-refractivity contribution >= 4 is 0 Å². The van der Waals surface area contributed by atoms with Crippen LogP contribution in [0, 0.1) is 5.41 Å². The van der Waals surface area contributed by atoms with E-state index >= 15 is 0 Å². The summed E-state index contributed by atoms with van der Waals surface area (Å²) in [5, 5.41) is 19.7. The quantitative estimate of drug-likeness (QED) is 0.723. The molecule has 0 spiro atoms. The Balaban J connectivity index is 2.70. The zero-order chi connectivity index (χ0) is 15.0. The molecule has 0 fully saturated rings. The molecular weight excluding hydrogens is 254 g/mol. The molecule has 4 heteroatoms. The van der Waals surface area contributed by atoms with Gasteiger partial charge in [0.15, 0.2) is 0 Å². The molecule has 0 amide bonds. The monoisotopic (exact) mass is 281 g/mol. The highest BCUT2D eigenvalue weighted by Gasteiger charge is 2.31. The van der Waals surface area contributed by atoms with E-state index in [1.807, 2.05) is 44.2 Å². The minimum atomic E-state index is -0.535. The minimum Gasteiger partial charge on any atom is -0.395 e. The second kappa shape index (κ2) is 8.37. The van der Waals surface area contributed by atoms with Gasteiger partial charge in [-0.25, -0.2) is 0 Å². The first-order chi connectivity index (χ1) is 9.51. The fraction of sp³-hybridized carbons (Fsp3) is 0.625. The Bertz CT molecular complexity index is 367. The molecule has 20 heavy (non-hydrogen) atoms. The Kier molecular flexibility index (Phi) is 7.16. The van der Waals surface area contributed by atoms with Crippen LogP contribution in [0.5, 0.6) is 0 Å². The number of aliphatic hydroxyl groups excluding tert-OH is 2. The summed E-state index contributed by atoms with van der Waals surface area (Å²) in [6, 6.07) is 9.70. The predicted octanol–water partition coefficient (Wildman–Crippen LogP) is 1.69. The Labute approximate surface area is 122 Å². The van der Waals surface area contributed by atoms with E-state index < -0.39 is 6.10 Å². The molecule has 1 aromatic rings. The van der Waals surface area contributed by atoms with Crippen molar-refractivity contribution in [1.29, 1.82) is 0 Å². The Morgan fingerprint density at radius 1 is 1.20 bits per heavy atom. The standard InChI is InChI=1S/C16H27NO3/c1-16(2,13-17(9-11-18)10-12-20-3)15(19)14-7-5-4-6-8-14/h4-8,15,18-19H,9-13H2,1-3H3. The van der Waals surface area contributed by atoms with Crippen LogP contribution in [0.1, 0.15) is 25.5 Å². The molecule has 0 heterocycles. The maximum Gasteiger partial charge on any atom is 0.0853 e. The smallest absolute Gasteiger partial charge is 0.0853 e. The number of methoxy groups -OCH3 is 1. The highest BCUT2D eigenvalue weighted by atomic mass is 16.5. The summed E-state index contributed by atoms with van der Waals surface area (Å²) in [5.74, 6) is 0. The van der Waals surface area contributed by atoms with Gasteiger partial charge in [0.25, 0.3) is 0 Å². The molecule has 0 aliphatic rings. The molecule has 1 unspecified atom stereocenters. The van der Waals surface area contributed by atoms with E-state index in [9.17, 15) is 5.11 Å². The van der Waals surface area contributed by atoms with Gasteiger partial charge in [0, 0.05) is 32.2 Å². The van der Waals surface area contributed by atoms with Crippen molar-refractivity contribution in [2.75, 3.05) is 40.0 Å². The second-order valence-electron chi connectivity index (χ2n) is 5.79. The molecule has 0 aliphatic carbocycles. The van der Waals surface area contributed by atoms with Crippen molar-refractivity contribution in [1.82, 2.24) is 4.90 Å². The van der Waals surface area contributed by atoms with Crippen molar-refractivity contribution in [3.05, 3.63) is 35.9 Å². The van der Waals surface area contributed by atoms with Crippen molar-refractivity contribution in [3.63, 3.8) is 0 Å². The molecule has 1 rings (SSSR count). The molecule has 0 aliphatic heterocycles. The number of hydrogen-bond acceptors (Lipinski definition) is 4. The summed E-state index contributed by atoms with van der Waals surface area (Å²) in [6.45, 7) is 6.87. The van der Waals surface area contributed by atoms with Crippen molar-refractivity contribution in [2.24, 2.45) is 5.41 Å². The third-order valence-electron chi connectivity index (χ3n) is 3.51. The Morgan fingerprint density at radius 2 is 1.85 bits per heavy atom. The zero-order valence-corrected chi connectivity index (χ0v) is 12.7. The summed E-state index contributed by atoms with van der Waals surface area (Å²) >= 11 is 0. The molecule has 0 saturated carbocycles. The van der Waals surface area contributed by atoms with Crippen LogP contribution in [-0.4, -0.2) is 55.1 Å². The lowest BCUT2D eigenvalue weighted by Gasteiger charge is -2.36. The lowest BCUT2D eigenvalue weighted by Crippen LogP contribution is -2.41. The number of rotatable bonds is 9. The molecular formula is C16H27NO3. The van der Waals surface area contributed by atoms with Crippen molar-refractivity contribution in [2.45, 2.75) is 20.0 Å². The van der Waals surface area contributed by atoms with Crippen molar-refractivity contribution in [3.8, 4) is 0 Å². The minimum absolute atomic E-state index is 0.112. The molecule has 0 bridgehead atoms. The van der Waals surface area contributed by atoms with Gasteiger partial charge in [-0.2, -0.15) is 0 Å². The maximum atomic E-state index is 10.6. The normalized spacial score (nSPS) is 13.7. The predicted molar refractivity (Wildman–Crippen MR) is 80.6 cm³/mol. The van der Waals surface area contributed by atoms with E-state index in [2.05, 4.69) is 4.90 Å². The summed E-state index contributed by atoms with van der Waals surface area (Å²) in [7, 11) is 1.67. The highest BCUT2D eigenvalue weighted by Crippen LogP contribution is 2.33. The van der Waals surface area contributed by atoms with Gasteiger partial charge in [0.1, 0.15) is 0 Å². The van der Waals surface area contributed by atoms with Crippen LogP contribution in [0.4, 0.5) is 0 Å². The van der Waals surface area contributed by atoms with Gasteiger partial charge in [-0.15, -0.1) is 0 Å². The molecule has 4 nitrogen and oxygen atoms in total. The van der Waals surface area contributed by atoms with E-state index in [0.29, 0.717) is 19.7 Å². The summed E-state index contributed by atoms with van der Waals surface area (Å²) in [4.78, 5) is 2.12. The van der Waals surface area contributed by atoms with E-state index in [1.165, 1.54) is 0 Å². The zero-order valence-electron chi connectivity index (χ0n) is 12.7. The number of aliphatic hydroxyl groups is 2. The van der Waals surface area contributed by atoms with Gasteiger partial charge < -0.3 is 14.9 Å². The van der Waals surface area contributed by atoms with Crippen LogP contribution in [0.25, 0.3) is 0 Å². The topological polar surface area (TPSA) is 52.9 Å². The fourth-order valence-electron chi connectivity index (χ4n) is 2.38. The van der Waals surface area contributed by atoms with Gasteiger partial charge in [-0.05, 0) is 5.56 Å². The van der Waals surface area contributed by atoms with Crippen LogP contribution in [0.15, 0.2) is 30.3 Å². The van der Waals surface area contributed by atoms with E-state index in [-0.39, 0.29) is 12.0 Å². The molecule has 0 saturated heterocycles. The number of hydrogen-bond donors (Lipinski definition) is 2. The second-order valence-corrected chi connectivity index (χ2v) is 5.79. The lowest BCUT2D eigenvalue weighted by atomic mass is 9.82. The number of ether oxygens (including phenoxy) is 1. The first-order valence-electron chi connectivity index (χ1n) is 7.06. The third-order valence-corrected chi connectivity index (χ3v) is 3.51. The van der Waals surface area contributed by atoms with Crippen LogP contribution in [-0.2, 0) is 4.74 Å². The number of benzene rings is 1. The van der Waals surface area contributed by atoms with Gasteiger partial charge in [-0.1, -0.05) is 44.2 Å². The number of nitrogens with zero attached hydrogens (tertiary/aromatic N) is 1. The van der Waals surface area contributed by atoms with Crippen molar-refractivity contribution < 1.29 is 14.9 Å². The van der Waals surface area contributed by atoms with E-state index in [4.69, 9.17) is 9.84 Å². The summed E-state index contributed by atoms with van der Waals surface area (Å²) in [5.41, 5.74) is 0.623. The highest BCUT2D eigenvalue weighted by molar-refractivity contribution is 5.19. The van der Waals surface area contributed by atoms with E-state index in [0.717, 1.165) is 12.1 Å². The van der Waals surface area contributed by atoms with Crippen LogP contribution in [0.3, 0.4) is 0 Å².